The lowest BCUT2D eigenvalue weighted by Crippen LogP contribution is -2.45. The van der Waals surface area contributed by atoms with Crippen LogP contribution in [0.25, 0.3) is 5.52 Å². The predicted octanol–water partition coefficient (Wildman–Crippen LogP) is 1.15. The number of hydrogen-bond acceptors (Lipinski definition) is 9. The maximum atomic E-state index is 11.7. The summed E-state index contributed by atoms with van der Waals surface area (Å²) in [6.45, 7) is 5.81. The molecule has 0 spiro atoms. The maximum absolute atomic E-state index is 11.7. The SMILES string of the molecule is C[C@H]1[C@@H](OC(C)(C)O)C(O)(c2ccc3c(N)ncnn23)O[C@@H]1COC1CCCCO1. The molecule has 0 amide bonds. The quantitative estimate of drug-likeness (QED) is 0.586. The molecule has 2 aromatic heterocycles. The molecule has 2 saturated heterocycles. The van der Waals surface area contributed by atoms with Crippen molar-refractivity contribution in [2.24, 2.45) is 5.92 Å². The van der Waals surface area contributed by atoms with Crippen molar-refractivity contribution in [2.75, 3.05) is 18.9 Å². The van der Waals surface area contributed by atoms with Crippen LogP contribution in [0.1, 0.15) is 45.7 Å². The number of nitrogens with zero attached hydrogens (tertiary/aromatic N) is 3. The molecule has 0 saturated carbocycles. The Morgan fingerprint density at radius 1 is 1.37 bits per heavy atom. The Kier molecular flexibility index (Phi) is 5.73. The van der Waals surface area contributed by atoms with Crippen LogP contribution in [0, 0.1) is 5.92 Å². The number of hydrogen-bond donors (Lipinski definition) is 3. The molecule has 4 N–H and O–H groups in total. The Balaban J connectivity index is 1.63. The number of nitrogen functional groups attached to an aromatic ring is 1. The summed E-state index contributed by atoms with van der Waals surface area (Å²) in [5, 5.41) is 26.2. The van der Waals surface area contributed by atoms with Crippen LogP contribution < -0.4 is 5.73 Å². The molecule has 10 heteroatoms. The summed E-state index contributed by atoms with van der Waals surface area (Å²) in [6.07, 6.45) is 2.57. The standard InChI is InChI=1S/C20H30N4O6/c1-12-14(10-28-16-6-4-5-9-27-16)29-20(26,17(12)30-19(2,3)25)15-8-7-13-18(21)22-11-23-24(13)15/h7-8,11-12,14,16-17,25-26H,4-6,9-10H2,1-3H3,(H2,21,22,23)/t12-,14-,16?,17-,20?/m1/s1. The van der Waals surface area contributed by atoms with Crippen LogP contribution in [0.2, 0.25) is 0 Å². The van der Waals surface area contributed by atoms with Crippen LogP contribution in [0.3, 0.4) is 0 Å². The van der Waals surface area contributed by atoms with Gasteiger partial charge in [-0.2, -0.15) is 5.10 Å². The van der Waals surface area contributed by atoms with E-state index in [2.05, 4.69) is 10.1 Å². The van der Waals surface area contributed by atoms with Gasteiger partial charge in [-0.3, -0.25) is 0 Å². The van der Waals surface area contributed by atoms with E-state index in [0.29, 0.717) is 17.8 Å². The van der Waals surface area contributed by atoms with Gasteiger partial charge in [0.2, 0.25) is 5.79 Å². The van der Waals surface area contributed by atoms with E-state index >= 15 is 0 Å². The second-order valence-corrected chi connectivity index (χ2v) is 8.49. The predicted molar refractivity (Wildman–Crippen MR) is 106 cm³/mol. The molecule has 2 aromatic rings. The summed E-state index contributed by atoms with van der Waals surface area (Å²) in [7, 11) is 0. The molecule has 2 aliphatic rings. The number of fused-ring (bicyclic) bond motifs is 1. The van der Waals surface area contributed by atoms with E-state index in [9.17, 15) is 10.2 Å². The number of aromatic nitrogens is 3. The molecular formula is C20H30N4O6. The molecule has 4 heterocycles. The zero-order valence-electron chi connectivity index (χ0n) is 17.5. The van der Waals surface area contributed by atoms with Gasteiger partial charge < -0.3 is 34.9 Å². The first kappa shape index (κ1) is 21.4. The molecule has 0 radical (unpaired) electrons. The minimum Gasteiger partial charge on any atom is -0.382 e. The Labute approximate surface area is 174 Å². The van der Waals surface area contributed by atoms with E-state index in [1.807, 2.05) is 6.92 Å². The smallest absolute Gasteiger partial charge is 0.238 e. The van der Waals surface area contributed by atoms with Gasteiger partial charge in [0.05, 0.1) is 12.7 Å². The van der Waals surface area contributed by atoms with Crippen molar-refractivity contribution in [1.29, 1.82) is 0 Å². The average molecular weight is 422 g/mol. The Hall–Kier alpha value is -1.82. The van der Waals surface area contributed by atoms with Gasteiger partial charge in [-0.1, -0.05) is 6.92 Å². The van der Waals surface area contributed by atoms with E-state index in [-0.39, 0.29) is 24.6 Å². The molecule has 0 bridgehead atoms. The molecule has 10 nitrogen and oxygen atoms in total. The van der Waals surface area contributed by atoms with Gasteiger partial charge in [-0.25, -0.2) is 9.50 Å². The lowest BCUT2D eigenvalue weighted by molar-refractivity contribution is -0.302. The monoisotopic (exact) mass is 422 g/mol. The maximum Gasteiger partial charge on any atom is 0.238 e. The van der Waals surface area contributed by atoms with Crippen LogP contribution in [-0.4, -0.2) is 62.3 Å². The molecule has 166 valence electrons. The number of anilines is 1. The number of nitrogens with two attached hydrogens (primary N) is 1. The van der Waals surface area contributed by atoms with Crippen molar-refractivity contribution in [3.8, 4) is 0 Å². The van der Waals surface area contributed by atoms with Gasteiger partial charge in [-0.15, -0.1) is 0 Å². The third-order valence-corrected chi connectivity index (χ3v) is 5.63. The summed E-state index contributed by atoms with van der Waals surface area (Å²) in [6, 6.07) is 3.37. The van der Waals surface area contributed by atoms with Crippen LogP contribution >= 0.6 is 0 Å². The number of rotatable bonds is 6. The summed E-state index contributed by atoms with van der Waals surface area (Å²) in [5.41, 5.74) is 6.81. The van der Waals surface area contributed by atoms with Crippen molar-refractivity contribution >= 4 is 11.3 Å². The third-order valence-electron chi connectivity index (χ3n) is 5.63. The Morgan fingerprint density at radius 2 is 2.17 bits per heavy atom. The number of ether oxygens (including phenoxy) is 4. The second-order valence-electron chi connectivity index (χ2n) is 8.49. The summed E-state index contributed by atoms with van der Waals surface area (Å²) in [5.74, 6) is -3.39. The highest BCUT2D eigenvalue weighted by atomic mass is 16.7. The van der Waals surface area contributed by atoms with Crippen molar-refractivity contribution in [2.45, 2.75) is 70.1 Å². The number of aliphatic hydroxyl groups is 2. The van der Waals surface area contributed by atoms with Crippen LogP contribution in [-0.2, 0) is 24.7 Å². The zero-order chi connectivity index (χ0) is 21.5. The van der Waals surface area contributed by atoms with Crippen molar-refractivity contribution in [1.82, 2.24) is 14.6 Å². The topological polar surface area (TPSA) is 134 Å². The molecule has 5 atom stereocenters. The highest BCUT2D eigenvalue weighted by Crippen LogP contribution is 2.44. The molecule has 2 aliphatic heterocycles. The van der Waals surface area contributed by atoms with Crippen LogP contribution in [0.15, 0.2) is 18.5 Å². The van der Waals surface area contributed by atoms with E-state index in [0.717, 1.165) is 19.3 Å². The summed E-state index contributed by atoms with van der Waals surface area (Å²) >= 11 is 0. The van der Waals surface area contributed by atoms with Gasteiger partial charge in [0.25, 0.3) is 0 Å². The lowest BCUT2D eigenvalue weighted by atomic mass is 9.94. The minimum absolute atomic E-state index is 0.223. The van der Waals surface area contributed by atoms with E-state index in [1.54, 1.807) is 12.1 Å². The van der Waals surface area contributed by atoms with Crippen molar-refractivity contribution in [3.05, 3.63) is 24.2 Å². The Bertz CT molecular complexity index is 878. The molecular weight excluding hydrogens is 392 g/mol. The first-order valence-electron chi connectivity index (χ1n) is 10.3. The highest BCUT2D eigenvalue weighted by Gasteiger charge is 2.57. The fourth-order valence-electron chi connectivity index (χ4n) is 4.12. The third kappa shape index (κ3) is 4.03. The van der Waals surface area contributed by atoms with Crippen LogP contribution in [0.4, 0.5) is 5.82 Å². The normalized spacial score (nSPS) is 32.7. The second kappa shape index (κ2) is 8.03. The molecule has 2 fully saturated rings. The van der Waals surface area contributed by atoms with Crippen molar-refractivity contribution in [3.63, 3.8) is 0 Å². The fraction of sp³-hybridized carbons (Fsp3) is 0.700. The van der Waals surface area contributed by atoms with Gasteiger partial charge in [0, 0.05) is 12.5 Å². The summed E-state index contributed by atoms with van der Waals surface area (Å²) < 4.78 is 25.0. The largest absolute Gasteiger partial charge is 0.382 e. The Morgan fingerprint density at radius 3 is 2.87 bits per heavy atom. The van der Waals surface area contributed by atoms with Gasteiger partial charge in [-0.05, 0) is 45.2 Å². The minimum atomic E-state index is -1.88. The highest BCUT2D eigenvalue weighted by molar-refractivity contribution is 5.65. The lowest BCUT2D eigenvalue weighted by Gasteiger charge is -2.33. The van der Waals surface area contributed by atoms with Gasteiger partial charge in [0.15, 0.2) is 17.9 Å². The van der Waals surface area contributed by atoms with E-state index < -0.39 is 23.8 Å². The fourth-order valence-corrected chi connectivity index (χ4v) is 4.12. The average Bonchev–Trinajstić information content (AvgIpc) is 3.23. The first-order valence-corrected chi connectivity index (χ1v) is 10.3. The van der Waals surface area contributed by atoms with E-state index in [1.165, 1.54) is 24.7 Å². The first-order chi connectivity index (χ1) is 14.2. The molecule has 2 unspecified atom stereocenters. The van der Waals surface area contributed by atoms with Crippen molar-refractivity contribution < 1.29 is 29.2 Å². The molecule has 4 rings (SSSR count). The molecule has 30 heavy (non-hydrogen) atoms. The van der Waals surface area contributed by atoms with Gasteiger partial charge in [0.1, 0.15) is 23.6 Å². The van der Waals surface area contributed by atoms with Crippen LogP contribution in [0.5, 0.6) is 0 Å². The van der Waals surface area contributed by atoms with Gasteiger partial charge >= 0.3 is 0 Å². The molecule has 0 aliphatic carbocycles. The molecule has 0 aromatic carbocycles. The van der Waals surface area contributed by atoms with E-state index in [4.69, 9.17) is 24.7 Å². The summed E-state index contributed by atoms with van der Waals surface area (Å²) in [4.78, 5) is 3.98. The zero-order valence-corrected chi connectivity index (χ0v) is 17.5.